The molecule has 0 radical (unpaired) electrons. The summed E-state index contributed by atoms with van der Waals surface area (Å²) in [6.45, 7) is 7.61. The van der Waals surface area contributed by atoms with Crippen molar-refractivity contribution < 1.29 is 4.74 Å². The van der Waals surface area contributed by atoms with Crippen molar-refractivity contribution in [2.45, 2.75) is 44.5 Å². The molecule has 0 bridgehead atoms. The van der Waals surface area contributed by atoms with Crippen LogP contribution in [0.4, 0.5) is 0 Å². The molecule has 13 heavy (non-hydrogen) atoms. The molecule has 0 aromatic carbocycles. The van der Waals surface area contributed by atoms with E-state index in [1.54, 1.807) is 0 Å². The molecule has 0 aliphatic carbocycles. The Morgan fingerprint density at radius 3 is 2.54 bits per heavy atom. The molecule has 2 nitrogen and oxygen atoms in total. The van der Waals surface area contributed by atoms with Gasteiger partial charge >= 0.3 is 0 Å². The molecule has 4 unspecified atom stereocenters. The van der Waals surface area contributed by atoms with E-state index in [1.165, 1.54) is 12.8 Å². The van der Waals surface area contributed by atoms with Crippen LogP contribution in [0.5, 0.6) is 0 Å². The van der Waals surface area contributed by atoms with Gasteiger partial charge in [0.2, 0.25) is 0 Å². The Kier molecular flexibility index (Phi) is 4.64. The summed E-state index contributed by atoms with van der Waals surface area (Å²) in [6, 6.07) is 0.290. The lowest BCUT2D eigenvalue weighted by Crippen LogP contribution is -2.32. The maximum atomic E-state index is 5.96. The minimum absolute atomic E-state index is 0.290. The molecule has 0 aromatic heterocycles. The SMILES string of the molecule is CC[C@H](CC(C(C)N)C1CO1)PC. The molecule has 1 aliphatic heterocycles. The smallest absolute Gasteiger partial charge is 0.0852 e. The predicted molar refractivity (Wildman–Crippen MR) is 59.8 cm³/mol. The maximum absolute atomic E-state index is 5.96. The number of hydrogen-bond acceptors (Lipinski definition) is 2. The molecule has 5 atom stereocenters. The van der Waals surface area contributed by atoms with Crippen molar-refractivity contribution >= 4 is 8.58 Å². The first kappa shape index (κ1) is 11.4. The molecule has 0 spiro atoms. The molecular formula is C10H22NOP. The number of nitrogens with two attached hydrogens (primary N) is 1. The first-order valence-electron chi connectivity index (χ1n) is 5.23. The normalized spacial score (nSPS) is 29.1. The molecule has 0 aromatic rings. The highest BCUT2D eigenvalue weighted by Gasteiger charge is 2.35. The Morgan fingerprint density at radius 2 is 2.23 bits per heavy atom. The van der Waals surface area contributed by atoms with Gasteiger partial charge in [0.1, 0.15) is 0 Å². The molecule has 1 rings (SSSR count). The van der Waals surface area contributed by atoms with Crippen LogP contribution in [0.15, 0.2) is 0 Å². The summed E-state index contributed by atoms with van der Waals surface area (Å²) in [5.74, 6) is 0.595. The topological polar surface area (TPSA) is 38.5 Å². The van der Waals surface area contributed by atoms with Crippen LogP contribution in [0.2, 0.25) is 0 Å². The molecule has 1 fully saturated rings. The Hall–Kier alpha value is 0.350. The van der Waals surface area contributed by atoms with Crippen LogP contribution < -0.4 is 5.73 Å². The van der Waals surface area contributed by atoms with Gasteiger partial charge in [-0.2, -0.15) is 0 Å². The fraction of sp³-hybridized carbons (Fsp3) is 1.00. The molecule has 78 valence electrons. The van der Waals surface area contributed by atoms with E-state index in [2.05, 4.69) is 20.5 Å². The predicted octanol–water partition coefficient (Wildman–Crippen LogP) is 1.83. The molecule has 0 saturated carbocycles. The van der Waals surface area contributed by atoms with Crippen molar-refractivity contribution in [1.29, 1.82) is 0 Å². The number of rotatable bonds is 6. The van der Waals surface area contributed by atoms with Crippen LogP contribution in [0.25, 0.3) is 0 Å². The average molecular weight is 203 g/mol. The molecule has 3 heteroatoms. The van der Waals surface area contributed by atoms with Crippen molar-refractivity contribution in [2.75, 3.05) is 13.3 Å². The minimum Gasteiger partial charge on any atom is -0.373 e. The first-order chi connectivity index (χ1) is 6.19. The van der Waals surface area contributed by atoms with Crippen LogP contribution in [0.1, 0.15) is 26.7 Å². The van der Waals surface area contributed by atoms with Crippen molar-refractivity contribution in [2.24, 2.45) is 11.7 Å². The third-order valence-corrected chi connectivity index (χ3v) is 4.43. The van der Waals surface area contributed by atoms with Crippen molar-refractivity contribution in [3.8, 4) is 0 Å². The highest BCUT2D eigenvalue weighted by atomic mass is 31.1. The lowest BCUT2D eigenvalue weighted by Gasteiger charge is -2.23. The Morgan fingerprint density at radius 1 is 1.62 bits per heavy atom. The summed E-state index contributed by atoms with van der Waals surface area (Å²) in [5, 5.41) is 0. The lowest BCUT2D eigenvalue weighted by atomic mass is 9.92. The van der Waals surface area contributed by atoms with Gasteiger partial charge in [0.05, 0.1) is 12.7 Å². The zero-order valence-corrected chi connectivity index (χ0v) is 9.92. The molecule has 0 amide bonds. The number of epoxide rings is 1. The monoisotopic (exact) mass is 203 g/mol. The lowest BCUT2D eigenvalue weighted by molar-refractivity contribution is 0.284. The minimum atomic E-state index is 0.290. The Balaban J connectivity index is 2.36. The van der Waals surface area contributed by atoms with E-state index in [1.807, 2.05) is 0 Å². The van der Waals surface area contributed by atoms with E-state index in [0.29, 0.717) is 12.0 Å². The number of hydrogen-bond donors (Lipinski definition) is 1. The molecule has 1 aliphatic rings. The third-order valence-electron chi connectivity index (χ3n) is 2.97. The molecule has 2 N–H and O–H groups in total. The fourth-order valence-electron chi connectivity index (χ4n) is 1.82. The van der Waals surface area contributed by atoms with E-state index >= 15 is 0 Å². The molecule has 1 saturated heterocycles. The van der Waals surface area contributed by atoms with Gasteiger partial charge in [-0.15, -0.1) is 8.58 Å². The van der Waals surface area contributed by atoms with Crippen molar-refractivity contribution in [3.63, 3.8) is 0 Å². The van der Waals surface area contributed by atoms with Crippen molar-refractivity contribution in [3.05, 3.63) is 0 Å². The third kappa shape index (κ3) is 3.53. The van der Waals surface area contributed by atoms with E-state index in [-0.39, 0.29) is 6.04 Å². The number of ether oxygens (including phenoxy) is 1. The quantitative estimate of drug-likeness (QED) is 0.528. The summed E-state index contributed by atoms with van der Waals surface area (Å²) in [7, 11) is 1.04. The van der Waals surface area contributed by atoms with Gasteiger partial charge in [-0.05, 0) is 32.1 Å². The first-order valence-corrected chi connectivity index (χ1v) is 6.81. The van der Waals surface area contributed by atoms with Crippen LogP contribution in [-0.2, 0) is 4.74 Å². The maximum Gasteiger partial charge on any atom is 0.0852 e. The van der Waals surface area contributed by atoms with Crippen LogP contribution in [0, 0.1) is 5.92 Å². The second-order valence-electron chi connectivity index (χ2n) is 4.02. The van der Waals surface area contributed by atoms with Gasteiger partial charge in [-0.25, -0.2) is 0 Å². The summed E-state index contributed by atoms with van der Waals surface area (Å²) in [4.78, 5) is 0. The van der Waals surface area contributed by atoms with Gasteiger partial charge < -0.3 is 10.5 Å². The van der Waals surface area contributed by atoms with E-state index in [9.17, 15) is 0 Å². The van der Waals surface area contributed by atoms with Crippen molar-refractivity contribution in [1.82, 2.24) is 0 Å². The van der Waals surface area contributed by atoms with E-state index in [4.69, 9.17) is 10.5 Å². The highest BCUT2D eigenvalue weighted by Crippen LogP contribution is 2.32. The standard InChI is InChI=1S/C10H22NOP/c1-4-8(13-3)5-9(7(2)11)10-6-12-10/h7-10,13H,4-6,11H2,1-3H3/t7?,8-,9?,10?/m1/s1. The largest absolute Gasteiger partial charge is 0.373 e. The summed E-state index contributed by atoms with van der Waals surface area (Å²) in [6.07, 6.45) is 3.02. The summed E-state index contributed by atoms with van der Waals surface area (Å²) in [5.41, 5.74) is 6.82. The van der Waals surface area contributed by atoms with Gasteiger partial charge in [0.15, 0.2) is 0 Å². The fourth-order valence-corrected chi connectivity index (χ4v) is 2.74. The van der Waals surface area contributed by atoms with Gasteiger partial charge in [-0.3, -0.25) is 0 Å². The summed E-state index contributed by atoms with van der Waals surface area (Å²) < 4.78 is 5.34. The second-order valence-corrected chi connectivity index (χ2v) is 5.42. The second kappa shape index (κ2) is 5.29. The van der Waals surface area contributed by atoms with Crippen LogP contribution in [-0.4, -0.2) is 31.1 Å². The zero-order valence-electron chi connectivity index (χ0n) is 8.92. The van der Waals surface area contributed by atoms with Crippen LogP contribution >= 0.6 is 8.58 Å². The Labute approximate surface area is 83.4 Å². The van der Waals surface area contributed by atoms with E-state index in [0.717, 1.165) is 20.8 Å². The van der Waals surface area contributed by atoms with Gasteiger partial charge in [0.25, 0.3) is 0 Å². The zero-order chi connectivity index (χ0) is 9.84. The average Bonchev–Trinajstić information content (AvgIpc) is 2.89. The van der Waals surface area contributed by atoms with Gasteiger partial charge in [0, 0.05) is 12.0 Å². The highest BCUT2D eigenvalue weighted by molar-refractivity contribution is 7.37. The van der Waals surface area contributed by atoms with E-state index < -0.39 is 0 Å². The van der Waals surface area contributed by atoms with Gasteiger partial charge in [-0.1, -0.05) is 6.92 Å². The summed E-state index contributed by atoms with van der Waals surface area (Å²) >= 11 is 0. The van der Waals surface area contributed by atoms with Crippen LogP contribution in [0.3, 0.4) is 0 Å². The molecule has 1 heterocycles. The molecular weight excluding hydrogens is 181 g/mol. The Bertz CT molecular complexity index is 142.